The van der Waals surface area contributed by atoms with Crippen molar-refractivity contribution in [1.29, 1.82) is 0 Å². The van der Waals surface area contributed by atoms with Crippen molar-refractivity contribution >= 4 is 10.9 Å². The average molecular weight is 239 g/mol. The molecule has 0 aliphatic rings. The van der Waals surface area contributed by atoms with Gasteiger partial charge in [-0.15, -0.1) is 0 Å². The molecule has 0 radical (unpaired) electrons. The van der Waals surface area contributed by atoms with Crippen LogP contribution in [0.5, 0.6) is 11.6 Å². The highest BCUT2D eigenvalue weighted by Gasteiger charge is 2.08. The summed E-state index contributed by atoms with van der Waals surface area (Å²) in [5, 5.41) is 14.8. The molecule has 0 bridgehead atoms. The summed E-state index contributed by atoms with van der Waals surface area (Å²) in [4.78, 5) is 11.9. The van der Waals surface area contributed by atoms with E-state index in [1.807, 2.05) is 26.8 Å². The molecule has 2 rings (SSSR count). The van der Waals surface area contributed by atoms with Crippen molar-refractivity contribution in [1.82, 2.24) is 4.98 Å². The second-order valence-electron chi connectivity index (χ2n) is 3.14. The quantitative estimate of drug-likeness (QED) is 0.638. The number of fused-ring (bicyclic) bond motifs is 1. The van der Waals surface area contributed by atoms with E-state index >= 15 is 0 Å². The Balaban J connectivity index is 0.000000686. The molecule has 0 amide bonds. The lowest BCUT2D eigenvalue weighted by molar-refractivity contribution is -0.454. The highest BCUT2D eigenvalue weighted by molar-refractivity contribution is 5.89. The molecule has 0 unspecified atom stereocenters. The number of nitrogens with one attached hydrogen (secondary N) is 1. The van der Waals surface area contributed by atoms with Gasteiger partial charge in [0.1, 0.15) is 5.75 Å². The van der Waals surface area contributed by atoms with Crippen molar-refractivity contribution in [2.45, 2.75) is 20.8 Å². The van der Waals surface area contributed by atoms with Crippen LogP contribution in [0, 0.1) is 6.92 Å². The second kappa shape index (κ2) is 6.12. The molecule has 17 heavy (non-hydrogen) atoms. The molecular weight excluding hydrogens is 222 g/mol. The van der Waals surface area contributed by atoms with E-state index in [9.17, 15) is 5.11 Å². The normalized spacial score (nSPS) is 9.88. The van der Waals surface area contributed by atoms with Crippen LogP contribution in [0.25, 0.3) is 10.9 Å². The Morgan fingerprint density at radius 3 is 2.53 bits per heavy atom. The van der Waals surface area contributed by atoms with Gasteiger partial charge < -0.3 is 10.1 Å². The summed E-state index contributed by atoms with van der Waals surface area (Å²) in [6.45, 7) is 5.94. The summed E-state index contributed by atoms with van der Waals surface area (Å²) < 4.78 is 0. The highest BCUT2D eigenvalue weighted by Crippen LogP contribution is 2.30. The van der Waals surface area contributed by atoms with Crippen LogP contribution in [-0.2, 0) is 9.93 Å². The third-order valence-electron chi connectivity index (χ3n) is 2.16. The van der Waals surface area contributed by atoms with Crippen molar-refractivity contribution in [3.05, 3.63) is 23.8 Å². The molecule has 0 atom stereocenters. The Bertz CT molecular complexity index is 440. The highest BCUT2D eigenvalue weighted by atomic mass is 17.5. The van der Waals surface area contributed by atoms with Crippen molar-refractivity contribution in [2.24, 2.45) is 0 Å². The van der Waals surface area contributed by atoms with Gasteiger partial charge in [0.2, 0.25) is 5.88 Å². The summed E-state index contributed by atoms with van der Waals surface area (Å²) in [6.07, 6.45) is 0. The van der Waals surface area contributed by atoms with Gasteiger partial charge in [-0.2, -0.15) is 4.89 Å². The van der Waals surface area contributed by atoms with E-state index in [4.69, 9.17) is 4.89 Å². The van der Waals surface area contributed by atoms with Crippen molar-refractivity contribution in [3.8, 4) is 11.6 Å². The SMILES string of the molecule is CC.COOOc1cc2c(C)ccc(O)c2[nH]1. The first kappa shape index (κ1) is 13.3. The molecule has 0 saturated heterocycles. The Labute approximate surface area is 99.8 Å². The molecule has 0 aliphatic carbocycles. The van der Waals surface area contributed by atoms with E-state index in [-0.39, 0.29) is 5.75 Å². The molecule has 94 valence electrons. The maximum Gasteiger partial charge on any atom is 0.238 e. The molecule has 5 heteroatoms. The number of aromatic nitrogens is 1. The van der Waals surface area contributed by atoms with Gasteiger partial charge in [-0.05, 0) is 23.6 Å². The molecule has 2 aromatic rings. The number of aromatic hydroxyl groups is 1. The summed E-state index contributed by atoms with van der Waals surface area (Å²) in [5.74, 6) is 0.541. The molecule has 1 aromatic carbocycles. The minimum Gasteiger partial charge on any atom is -0.506 e. The number of hydrogen-bond acceptors (Lipinski definition) is 4. The fraction of sp³-hybridized carbons (Fsp3) is 0.333. The maximum atomic E-state index is 9.58. The van der Waals surface area contributed by atoms with E-state index < -0.39 is 0 Å². The summed E-state index contributed by atoms with van der Waals surface area (Å²) in [7, 11) is 1.34. The van der Waals surface area contributed by atoms with Gasteiger partial charge in [0.15, 0.2) is 0 Å². The number of aromatic amines is 1. The zero-order valence-corrected chi connectivity index (χ0v) is 10.4. The predicted molar refractivity (Wildman–Crippen MR) is 64.8 cm³/mol. The smallest absolute Gasteiger partial charge is 0.238 e. The first-order chi connectivity index (χ1) is 8.22. The fourth-order valence-corrected chi connectivity index (χ4v) is 1.44. The topological polar surface area (TPSA) is 63.7 Å². The fourth-order valence-electron chi connectivity index (χ4n) is 1.44. The summed E-state index contributed by atoms with van der Waals surface area (Å²) in [5.41, 5.74) is 1.65. The Morgan fingerprint density at radius 2 is 1.94 bits per heavy atom. The van der Waals surface area contributed by atoms with Crippen molar-refractivity contribution < 1.29 is 19.9 Å². The number of H-pyrrole nitrogens is 1. The Hall–Kier alpha value is -1.72. The lowest BCUT2D eigenvalue weighted by Crippen LogP contribution is -1.94. The zero-order chi connectivity index (χ0) is 12.8. The molecular formula is C12H17NO4. The largest absolute Gasteiger partial charge is 0.506 e. The lowest BCUT2D eigenvalue weighted by Gasteiger charge is -1.97. The van der Waals surface area contributed by atoms with Gasteiger partial charge in [0.05, 0.1) is 12.6 Å². The van der Waals surface area contributed by atoms with Gasteiger partial charge in [-0.25, -0.2) is 0 Å². The Kier molecular flexibility index (Phi) is 4.81. The minimum absolute atomic E-state index is 0.169. The van der Waals surface area contributed by atoms with Crippen LogP contribution < -0.4 is 4.89 Å². The number of phenols is 1. The Morgan fingerprint density at radius 1 is 1.24 bits per heavy atom. The van der Waals surface area contributed by atoms with E-state index in [1.54, 1.807) is 12.1 Å². The predicted octanol–water partition coefficient (Wildman–Crippen LogP) is 3.08. The molecule has 1 aromatic heterocycles. The van der Waals surface area contributed by atoms with Gasteiger partial charge >= 0.3 is 0 Å². The number of rotatable bonds is 3. The van der Waals surface area contributed by atoms with E-state index in [1.165, 1.54) is 7.11 Å². The van der Waals surface area contributed by atoms with Crippen LogP contribution in [-0.4, -0.2) is 17.2 Å². The molecule has 0 spiro atoms. The van der Waals surface area contributed by atoms with Gasteiger partial charge in [-0.3, -0.25) is 4.89 Å². The molecule has 2 N–H and O–H groups in total. The minimum atomic E-state index is 0.169. The number of phenolic OH excluding ortho intramolecular Hbond substituents is 1. The van der Waals surface area contributed by atoms with Crippen LogP contribution in [0.4, 0.5) is 0 Å². The third kappa shape index (κ3) is 2.89. The molecule has 0 saturated carbocycles. The van der Waals surface area contributed by atoms with Crippen molar-refractivity contribution in [3.63, 3.8) is 0 Å². The second-order valence-corrected chi connectivity index (χ2v) is 3.14. The maximum absolute atomic E-state index is 9.58. The molecule has 1 heterocycles. The summed E-state index contributed by atoms with van der Waals surface area (Å²) >= 11 is 0. The van der Waals surface area contributed by atoms with Crippen LogP contribution >= 0.6 is 0 Å². The molecule has 0 aliphatic heterocycles. The zero-order valence-electron chi connectivity index (χ0n) is 10.4. The number of aryl methyl sites for hydroxylation is 1. The lowest BCUT2D eigenvalue weighted by atomic mass is 10.1. The monoisotopic (exact) mass is 239 g/mol. The van der Waals surface area contributed by atoms with E-state index in [0.717, 1.165) is 10.9 Å². The van der Waals surface area contributed by atoms with Crippen LogP contribution in [0.3, 0.4) is 0 Å². The van der Waals surface area contributed by atoms with Crippen LogP contribution in [0.1, 0.15) is 19.4 Å². The van der Waals surface area contributed by atoms with E-state index in [2.05, 4.69) is 14.9 Å². The van der Waals surface area contributed by atoms with E-state index in [0.29, 0.717) is 11.4 Å². The first-order valence-electron chi connectivity index (χ1n) is 5.41. The average Bonchev–Trinajstić information content (AvgIpc) is 2.79. The van der Waals surface area contributed by atoms with Crippen molar-refractivity contribution in [2.75, 3.05) is 7.11 Å². The number of benzene rings is 1. The first-order valence-corrected chi connectivity index (χ1v) is 5.41. The van der Waals surface area contributed by atoms with Crippen LogP contribution in [0.2, 0.25) is 0 Å². The van der Waals surface area contributed by atoms with Gasteiger partial charge in [0, 0.05) is 11.5 Å². The molecule has 5 nitrogen and oxygen atoms in total. The van der Waals surface area contributed by atoms with Gasteiger partial charge in [0.25, 0.3) is 0 Å². The van der Waals surface area contributed by atoms with Crippen LogP contribution in [0.15, 0.2) is 18.2 Å². The standard InChI is InChI=1S/C10H11NO4.C2H6/c1-6-3-4-8(12)10-7(6)5-9(11-10)14-15-13-2;1-2/h3-5,11-12H,1-2H3;1-2H3. The third-order valence-corrected chi connectivity index (χ3v) is 2.16. The number of hydrogen-bond donors (Lipinski definition) is 2. The summed E-state index contributed by atoms with van der Waals surface area (Å²) in [6, 6.07) is 5.17. The molecule has 0 fully saturated rings. The van der Waals surface area contributed by atoms with Gasteiger partial charge in [-0.1, -0.05) is 19.9 Å².